The molecule has 0 aliphatic rings. The quantitative estimate of drug-likeness (QED) is 0.782. The van der Waals surface area contributed by atoms with Crippen LogP contribution >= 0.6 is 0 Å². The molecule has 6 heteroatoms. The third kappa shape index (κ3) is 5.36. The zero-order chi connectivity index (χ0) is 15.1. The van der Waals surface area contributed by atoms with Crippen LogP contribution in [0.4, 0.5) is 8.78 Å². The molecule has 20 heavy (non-hydrogen) atoms. The third-order valence-electron chi connectivity index (χ3n) is 2.60. The Balaban J connectivity index is 2.89. The molecule has 0 bridgehead atoms. The zero-order valence-electron chi connectivity index (χ0n) is 11.3. The monoisotopic (exact) mass is 285 g/mol. The summed E-state index contributed by atoms with van der Waals surface area (Å²) in [7, 11) is 3.08. The Morgan fingerprint density at radius 3 is 2.75 bits per heavy atom. The van der Waals surface area contributed by atoms with Crippen LogP contribution in [0.15, 0.2) is 24.3 Å². The molecule has 0 fully saturated rings. The number of nitrogens with zero attached hydrogens (tertiary/aromatic N) is 1. The highest BCUT2D eigenvalue weighted by Crippen LogP contribution is 2.22. The van der Waals surface area contributed by atoms with Gasteiger partial charge in [0.05, 0.1) is 13.7 Å². The smallest absolute Gasteiger partial charge is 0.328 e. The molecule has 4 nitrogen and oxygen atoms in total. The van der Waals surface area contributed by atoms with Crippen molar-refractivity contribution in [1.29, 1.82) is 0 Å². The van der Waals surface area contributed by atoms with E-state index in [1.165, 1.54) is 18.1 Å². The number of hydrogen-bond donors (Lipinski definition) is 1. The van der Waals surface area contributed by atoms with Crippen LogP contribution < -0.4 is 4.74 Å². The Kier molecular flexibility index (Phi) is 6.11. The molecule has 0 heterocycles. The summed E-state index contributed by atoms with van der Waals surface area (Å²) in [5, 5.41) is 8.63. The second-order valence-corrected chi connectivity index (χ2v) is 4.34. The molecule has 0 aliphatic heterocycles. The first kappa shape index (κ1) is 16.1. The fourth-order valence-corrected chi connectivity index (χ4v) is 1.79. The number of methoxy groups -OCH3 is 1. The lowest BCUT2D eigenvalue weighted by Gasteiger charge is -2.16. The second-order valence-electron chi connectivity index (χ2n) is 4.34. The second kappa shape index (κ2) is 7.59. The van der Waals surface area contributed by atoms with Crippen LogP contribution in [0.1, 0.15) is 11.1 Å². The number of hydrogen-bond acceptors (Lipinski definition) is 3. The molecule has 110 valence electrons. The summed E-state index contributed by atoms with van der Waals surface area (Å²) in [6.07, 6.45) is 0.0343. The molecular weight excluding hydrogens is 268 g/mol. The predicted molar refractivity (Wildman–Crippen MR) is 72.0 cm³/mol. The molecule has 1 aromatic rings. The Morgan fingerprint density at radius 2 is 2.20 bits per heavy atom. The fraction of sp³-hybridized carbons (Fsp3) is 0.357. The molecule has 0 atom stereocenters. The molecular formula is C14H17F2NO3. The van der Waals surface area contributed by atoms with Gasteiger partial charge in [0.25, 0.3) is 6.43 Å². The lowest BCUT2D eigenvalue weighted by Crippen LogP contribution is -2.24. The molecule has 0 saturated carbocycles. The van der Waals surface area contributed by atoms with Crippen LogP contribution in [-0.2, 0) is 11.3 Å². The van der Waals surface area contributed by atoms with Crippen LogP contribution in [0.2, 0.25) is 0 Å². The van der Waals surface area contributed by atoms with E-state index < -0.39 is 12.4 Å². The summed E-state index contributed by atoms with van der Waals surface area (Å²) in [6.45, 7) is 0.0363. The lowest BCUT2D eigenvalue weighted by molar-refractivity contribution is -0.131. The molecule has 1 aromatic carbocycles. The minimum atomic E-state index is -2.38. The molecule has 0 radical (unpaired) electrons. The zero-order valence-corrected chi connectivity index (χ0v) is 11.3. The van der Waals surface area contributed by atoms with Crippen LogP contribution in [0.25, 0.3) is 6.08 Å². The molecule has 0 amide bonds. The van der Waals surface area contributed by atoms with E-state index in [1.807, 2.05) is 0 Å². The number of ether oxygens (including phenoxy) is 1. The predicted octanol–water partition coefficient (Wildman–Crippen LogP) is 2.49. The minimum absolute atomic E-state index is 0.313. The number of carboxylic acids is 1. The largest absolute Gasteiger partial charge is 0.496 e. The number of aliphatic carboxylic acids is 1. The van der Waals surface area contributed by atoms with E-state index in [0.717, 1.165) is 11.6 Å². The normalized spacial score (nSPS) is 11.5. The Hall–Kier alpha value is -1.95. The van der Waals surface area contributed by atoms with Crippen LogP contribution in [-0.4, -0.2) is 43.1 Å². The van der Waals surface area contributed by atoms with Gasteiger partial charge in [-0.1, -0.05) is 6.07 Å². The number of carbonyl (C=O) groups is 1. The number of alkyl halides is 2. The summed E-state index contributed by atoms with van der Waals surface area (Å²) in [5.74, 6) is -0.532. The molecule has 1 N–H and O–H groups in total. The van der Waals surface area contributed by atoms with Crippen molar-refractivity contribution in [2.24, 2.45) is 0 Å². The third-order valence-corrected chi connectivity index (χ3v) is 2.60. The van der Waals surface area contributed by atoms with Crippen molar-refractivity contribution >= 4 is 12.0 Å². The summed E-state index contributed by atoms with van der Waals surface area (Å²) in [5.41, 5.74) is 1.40. The molecule has 0 spiro atoms. The van der Waals surface area contributed by atoms with Crippen molar-refractivity contribution < 1.29 is 23.4 Å². The molecule has 0 unspecified atom stereocenters. The molecule has 0 aliphatic carbocycles. The highest BCUT2D eigenvalue weighted by molar-refractivity contribution is 5.85. The van der Waals surface area contributed by atoms with Crippen molar-refractivity contribution in [1.82, 2.24) is 4.90 Å². The Labute approximate surface area is 116 Å². The maximum Gasteiger partial charge on any atom is 0.328 e. The van der Waals surface area contributed by atoms with Gasteiger partial charge in [-0.3, -0.25) is 4.90 Å². The van der Waals surface area contributed by atoms with Crippen molar-refractivity contribution in [2.45, 2.75) is 13.0 Å². The number of halogens is 2. The van der Waals surface area contributed by atoms with Gasteiger partial charge in [-0.2, -0.15) is 0 Å². The van der Waals surface area contributed by atoms with Crippen molar-refractivity contribution in [2.75, 3.05) is 20.7 Å². The van der Waals surface area contributed by atoms with Gasteiger partial charge in [0, 0.05) is 18.2 Å². The van der Waals surface area contributed by atoms with Gasteiger partial charge in [0.2, 0.25) is 0 Å². The van der Waals surface area contributed by atoms with Gasteiger partial charge in [0.15, 0.2) is 0 Å². The summed E-state index contributed by atoms with van der Waals surface area (Å²) < 4.78 is 29.6. The van der Waals surface area contributed by atoms with Gasteiger partial charge < -0.3 is 9.84 Å². The molecule has 0 aromatic heterocycles. The average molecular weight is 285 g/mol. The molecule has 0 saturated heterocycles. The number of rotatable bonds is 7. The minimum Gasteiger partial charge on any atom is -0.496 e. The van der Waals surface area contributed by atoms with E-state index in [2.05, 4.69) is 0 Å². The Morgan fingerprint density at radius 1 is 1.50 bits per heavy atom. The average Bonchev–Trinajstić information content (AvgIpc) is 2.35. The SMILES string of the molecule is COc1ccc(CN(C)CC(F)F)cc1/C=C/C(=O)O. The van der Waals surface area contributed by atoms with Crippen molar-refractivity contribution in [3.8, 4) is 5.75 Å². The lowest BCUT2D eigenvalue weighted by atomic mass is 10.1. The van der Waals surface area contributed by atoms with Crippen molar-refractivity contribution in [3.63, 3.8) is 0 Å². The van der Waals surface area contributed by atoms with Crippen LogP contribution in [0.5, 0.6) is 5.75 Å². The van der Waals surface area contributed by atoms with E-state index in [4.69, 9.17) is 9.84 Å². The van der Waals surface area contributed by atoms with Gasteiger partial charge in [-0.05, 0) is 30.8 Å². The van der Waals surface area contributed by atoms with Crippen LogP contribution in [0, 0.1) is 0 Å². The first-order valence-corrected chi connectivity index (χ1v) is 5.97. The van der Waals surface area contributed by atoms with Gasteiger partial charge in [-0.15, -0.1) is 0 Å². The highest BCUT2D eigenvalue weighted by Gasteiger charge is 2.09. The van der Waals surface area contributed by atoms with Gasteiger partial charge in [0.1, 0.15) is 5.75 Å². The Bertz CT molecular complexity index is 489. The number of carboxylic acid groups (broad SMARTS) is 1. The van der Waals surface area contributed by atoms with E-state index in [-0.39, 0.29) is 6.54 Å². The maximum atomic E-state index is 12.3. The molecule has 1 rings (SSSR count). The van der Waals surface area contributed by atoms with Gasteiger partial charge >= 0.3 is 5.97 Å². The van der Waals surface area contributed by atoms with E-state index in [9.17, 15) is 13.6 Å². The highest BCUT2D eigenvalue weighted by atomic mass is 19.3. The van der Waals surface area contributed by atoms with E-state index >= 15 is 0 Å². The van der Waals surface area contributed by atoms with Crippen molar-refractivity contribution in [3.05, 3.63) is 35.4 Å². The van der Waals surface area contributed by atoms with Crippen LogP contribution in [0.3, 0.4) is 0 Å². The maximum absolute atomic E-state index is 12.3. The van der Waals surface area contributed by atoms with E-state index in [1.54, 1.807) is 25.2 Å². The number of benzene rings is 1. The first-order chi connectivity index (χ1) is 9.42. The van der Waals surface area contributed by atoms with Gasteiger partial charge in [-0.25, -0.2) is 13.6 Å². The standard InChI is InChI=1S/C14H17F2NO3/c1-17(9-13(15)16)8-10-3-5-12(20-2)11(7-10)4-6-14(18)19/h3-7,13H,8-9H2,1-2H3,(H,18,19)/b6-4+. The fourth-order valence-electron chi connectivity index (χ4n) is 1.79. The summed E-state index contributed by atoms with van der Waals surface area (Å²) in [4.78, 5) is 12.0. The summed E-state index contributed by atoms with van der Waals surface area (Å²) in [6, 6.07) is 5.17. The van der Waals surface area contributed by atoms with E-state index in [0.29, 0.717) is 17.9 Å². The first-order valence-electron chi connectivity index (χ1n) is 5.97. The topological polar surface area (TPSA) is 49.8 Å². The summed E-state index contributed by atoms with van der Waals surface area (Å²) >= 11 is 0.